The lowest BCUT2D eigenvalue weighted by Crippen LogP contribution is -2.23. The van der Waals surface area contributed by atoms with Gasteiger partial charge in [-0.15, -0.1) is 0 Å². The van der Waals surface area contributed by atoms with Crippen LogP contribution < -0.4 is 5.32 Å². The summed E-state index contributed by atoms with van der Waals surface area (Å²) in [5, 5.41) is 11.7. The quantitative estimate of drug-likeness (QED) is 0.879. The van der Waals surface area contributed by atoms with Crippen LogP contribution in [-0.4, -0.2) is 5.91 Å². The average molecular weight is 256 g/mol. The molecular weight excluding hydrogens is 236 g/mol. The molecule has 1 aromatic carbocycles. The van der Waals surface area contributed by atoms with Gasteiger partial charge in [-0.05, 0) is 30.0 Å². The molecule has 1 aliphatic rings. The summed E-state index contributed by atoms with van der Waals surface area (Å²) in [6.45, 7) is 0.513. The number of hydrogen-bond acceptors (Lipinski definition) is 2. The summed E-state index contributed by atoms with van der Waals surface area (Å²) in [7, 11) is 0. The van der Waals surface area contributed by atoms with Gasteiger partial charge in [-0.2, -0.15) is 5.26 Å². The van der Waals surface area contributed by atoms with Gasteiger partial charge in [0.05, 0.1) is 11.6 Å². The Balaban J connectivity index is 1.72. The van der Waals surface area contributed by atoms with Crippen molar-refractivity contribution in [2.75, 3.05) is 0 Å². The van der Waals surface area contributed by atoms with E-state index in [9.17, 15) is 4.79 Å². The molecule has 100 valence electrons. The third kappa shape index (κ3) is 4.40. The van der Waals surface area contributed by atoms with Crippen LogP contribution in [0.15, 0.2) is 24.3 Å². The van der Waals surface area contributed by atoms with Crippen molar-refractivity contribution in [2.24, 2.45) is 5.92 Å². The van der Waals surface area contributed by atoms with Crippen molar-refractivity contribution in [3.8, 4) is 6.07 Å². The van der Waals surface area contributed by atoms with Crippen molar-refractivity contribution < 1.29 is 4.79 Å². The van der Waals surface area contributed by atoms with Crippen molar-refractivity contribution in [3.63, 3.8) is 0 Å². The van der Waals surface area contributed by atoms with E-state index in [2.05, 4.69) is 11.4 Å². The van der Waals surface area contributed by atoms with E-state index >= 15 is 0 Å². The predicted molar refractivity (Wildman–Crippen MR) is 74.2 cm³/mol. The molecule has 0 unspecified atom stereocenters. The summed E-state index contributed by atoms with van der Waals surface area (Å²) in [4.78, 5) is 11.8. The number of nitrogens with zero attached hydrogens (tertiary/aromatic N) is 1. The van der Waals surface area contributed by atoms with E-state index in [0.717, 1.165) is 17.9 Å². The second kappa shape index (κ2) is 6.94. The Kier molecular flexibility index (Phi) is 4.97. The molecule has 1 fully saturated rings. The van der Waals surface area contributed by atoms with Crippen LogP contribution in [-0.2, 0) is 11.3 Å². The van der Waals surface area contributed by atoms with E-state index in [1.165, 1.54) is 25.7 Å². The maximum absolute atomic E-state index is 11.8. The van der Waals surface area contributed by atoms with Crippen molar-refractivity contribution >= 4 is 5.91 Å². The number of benzene rings is 1. The molecule has 1 saturated carbocycles. The fourth-order valence-corrected chi connectivity index (χ4v) is 2.67. The Morgan fingerprint density at radius 3 is 2.89 bits per heavy atom. The smallest absolute Gasteiger partial charge is 0.220 e. The number of hydrogen-bond donors (Lipinski definition) is 1. The lowest BCUT2D eigenvalue weighted by molar-refractivity contribution is -0.121. The van der Waals surface area contributed by atoms with Gasteiger partial charge in [0, 0.05) is 13.0 Å². The van der Waals surface area contributed by atoms with Crippen LogP contribution in [0.5, 0.6) is 0 Å². The van der Waals surface area contributed by atoms with Gasteiger partial charge in [0.2, 0.25) is 5.91 Å². The van der Waals surface area contributed by atoms with Crippen LogP contribution in [0.3, 0.4) is 0 Å². The Labute approximate surface area is 114 Å². The molecule has 0 atom stereocenters. The number of nitrogens with one attached hydrogen (secondary N) is 1. The summed E-state index contributed by atoms with van der Waals surface area (Å²) in [5.41, 5.74) is 1.62. The normalized spacial score (nSPS) is 15.1. The van der Waals surface area contributed by atoms with Gasteiger partial charge in [0.25, 0.3) is 0 Å². The van der Waals surface area contributed by atoms with Gasteiger partial charge in [-0.3, -0.25) is 4.79 Å². The second-order valence-electron chi connectivity index (χ2n) is 5.28. The first-order valence-corrected chi connectivity index (χ1v) is 7.03. The minimum atomic E-state index is 0.120. The molecule has 0 bridgehead atoms. The molecular formula is C16H20N2O. The van der Waals surface area contributed by atoms with Gasteiger partial charge < -0.3 is 5.32 Å². The third-order valence-corrected chi connectivity index (χ3v) is 3.80. The number of nitriles is 1. The summed E-state index contributed by atoms with van der Waals surface area (Å²) < 4.78 is 0. The standard InChI is InChI=1S/C16H20N2O/c17-11-14-6-3-7-15(10-14)12-18-16(19)9-8-13-4-1-2-5-13/h3,6-7,10,13H,1-2,4-5,8-9,12H2,(H,18,19). The first kappa shape index (κ1) is 13.6. The first-order chi connectivity index (χ1) is 9.28. The molecule has 0 saturated heterocycles. The summed E-state index contributed by atoms with van der Waals surface area (Å²) in [6, 6.07) is 9.46. The fourth-order valence-electron chi connectivity index (χ4n) is 2.67. The Bertz CT molecular complexity index is 470. The summed E-state index contributed by atoms with van der Waals surface area (Å²) in [5.74, 6) is 0.877. The van der Waals surface area contributed by atoms with E-state index in [1.807, 2.05) is 18.2 Å². The highest BCUT2D eigenvalue weighted by atomic mass is 16.1. The van der Waals surface area contributed by atoms with Crippen LogP contribution in [0.4, 0.5) is 0 Å². The zero-order chi connectivity index (χ0) is 13.5. The Morgan fingerprint density at radius 2 is 2.16 bits per heavy atom. The highest BCUT2D eigenvalue weighted by Gasteiger charge is 2.15. The predicted octanol–water partition coefficient (Wildman–Crippen LogP) is 3.14. The van der Waals surface area contributed by atoms with Crippen LogP contribution >= 0.6 is 0 Å². The highest BCUT2D eigenvalue weighted by molar-refractivity contribution is 5.75. The van der Waals surface area contributed by atoms with E-state index in [4.69, 9.17) is 5.26 Å². The minimum Gasteiger partial charge on any atom is -0.352 e. The first-order valence-electron chi connectivity index (χ1n) is 7.03. The van der Waals surface area contributed by atoms with Crippen LogP contribution in [0, 0.1) is 17.2 Å². The molecule has 0 aromatic heterocycles. The largest absolute Gasteiger partial charge is 0.352 e. The third-order valence-electron chi connectivity index (χ3n) is 3.80. The molecule has 1 amide bonds. The lowest BCUT2D eigenvalue weighted by atomic mass is 10.0. The Morgan fingerprint density at radius 1 is 1.37 bits per heavy atom. The number of carbonyl (C=O) groups is 1. The SMILES string of the molecule is N#Cc1cccc(CNC(=O)CCC2CCCC2)c1. The van der Waals surface area contributed by atoms with Crippen LogP contribution in [0.1, 0.15) is 49.7 Å². The average Bonchev–Trinajstić information content (AvgIpc) is 2.96. The number of amides is 1. The van der Waals surface area contributed by atoms with E-state index < -0.39 is 0 Å². The molecule has 0 spiro atoms. The molecule has 0 aliphatic heterocycles. The minimum absolute atomic E-state index is 0.120. The van der Waals surface area contributed by atoms with Crippen molar-refractivity contribution in [2.45, 2.75) is 45.1 Å². The number of rotatable bonds is 5. The van der Waals surface area contributed by atoms with Crippen LogP contribution in [0.25, 0.3) is 0 Å². The maximum atomic E-state index is 11.8. The molecule has 0 radical (unpaired) electrons. The van der Waals surface area contributed by atoms with Gasteiger partial charge in [-0.1, -0.05) is 37.8 Å². The van der Waals surface area contributed by atoms with Crippen molar-refractivity contribution in [1.82, 2.24) is 5.32 Å². The molecule has 19 heavy (non-hydrogen) atoms. The van der Waals surface area contributed by atoms with Gasteiger partial charge >= 0.3 is 0 Å². The number of carbonyl (C=O) groups excluding carboxylic acids is 1. The van der Waals surface area contributed by atoms with E-state index in [1.54, 1.807) is 6.07 Å². The van der Waals surface area contributed by atoms with Gasteiger partial charge in [0.1, 0.15) is 0 Å². The monoisotopic (exact) mass is 256 g/mol. The van der Waals surface area contributed by atoms with E-state index in [-0.39, 0.29) is 5.91 Å². The van der Waals surface area contributed by atoms with Crippen molar-refractivity contribution in [1.29, 1.82) is 5.26 Å². The zero-order valence-electron chi connectivity index (χ0n) is 11.2. The molecule has 3 nitrogen and oxygen atoms in total. The zero-order valence-corrected chi connectivity index (χ0v) is 11.2. The topological polar surface area (TPSA) is 52.9 Å². The van der Waals surface area contributed by atoms with Gasteiger partial charge in [0.15, 0.2) is 0 Å². The fraction of sp³-hybridized carbons (Fsp3) is 0.500. The van der Waals surface area contributed by atoms with Crippen LogP contribution in [0.2, 0.25) is 0 Å². The molecule has 0 heterocycles. The lowest BCUT2D eigenvalue weighted by Gasteiger charge is -2.09. The molecule has 1 N–H and O–H groups in total. The Hall–Kier alpha value is -1.82. The highest BCUT2D eigenvalue weighted by Crippen LogP contribution is 2.28. The second-order valence-corrected chi connectivity index (χ2v) is 5.28. The molecule has 2 rings (SSSR count). The van der Waals surface area contributed by atoms with Gasteiger partial charge in [-0.25, -0.2) is 0 Å². The molecule has 1 aromatic rings. The molecule has 1 aliphatic carbocycles. The molecule has 3 heteroatoms. The summed E-state index contributed by atoms with van der Waals surface area (Å²) >= 11 is 0. The summed E-state index contributed by atoms with van der Waals surface area (Å²) in [6.07, 6.45) is 6.88. The van der Waals surface area contributed by atoms with E-state index in [0.29, 0.717) is 18.5 Å². The maximum Gasteiger partial charge on any atom is 0.220 e. The van der Waals surface area contributed by atoms with Crippen molar-refractivity contribution in [3.05, 3.63) is 35.4 Å².